The van der Waals surface area contributed by atoms with Crippen molar-refractivity contribution in [1.82, 2.24) is 0 Å². The molecule has 4 nitrogen and oxygen atoms in total. The lowest BCUT2D eigenvalue weighted by Crippen LogP contribution is -2.07. The number of methoxy groups -OCH3 is 1. The summed E-state index contributed by atoms with van der Waals surface area (Å²) < 4.78 is 18.1. The standard InChI is InChI=1S/C8H7FINO3/c1-14-7-5(9)4(10)2-3(6(7)11)8(12)13/h2H,11H2,1H3,(H,12,13). The SMILES string of the molecule is COc1c(N)c(C(=O)O)cc(I)c1F. The molecule has 0 spiro atoms. The van der Waals surface area contributed by atoms with Gasteiger partial charge in [0.05, 0.1) is 21.9 Å². The molecule has 0 amide bonds. The fourth-order valence-electron chi connectivity index (χ4n) is 0.993. The summed E-state index contributed by atoms with van der Waals surface area (Å²) in [5, 5.41) is 8.74. The number of benzene rings is 1. The number of rotatable bonds is 2. The molecule has 76 valence electrons. The molecule has 0 aromatic heterocycles. The van der Waals surface area contributed by atoms with Crippen LogP contribution in [0.25, 0.3) is 0 Å². The van der Waals surface area contributed by atoms with Gasteiger partial charge in [0.2, 0.25) is 0 Å². The molecule has 0 fully saturated rings. The van der Waals surface area contributed by atoms with Crippen molar-refractivity contribution in [3.8, 4) is 5.75 Å². The van der Waals surface area contributed by atoms with Crippen molar-refractivity contribution in [1.29, 1.82) is 0 Å². The molecule has 1 rings (SSSR count). The van der Waals surface area contributed by atoms with Crippen molar-refractivity contribution in [2.24, 2.45) is 0 Å². The molecule has 0 bridgehead atoms. The smallest absolute Gasteiger partial charge is 0.337 e. The minimum atomic E-state index is -1.21. The van der Waals surface area contributed by atoms with E-state index in [1.807, 2.05) is 0 Å². The maximum atomic E-state index is 13.3. The van der Waals surface area contributed by atoms with Gasteiger partial charge in [0.25, 0.3) is 0 Å². The quantitative estimate of drug-likeness (QED) is 0.644. The van der Waals surface area contributed by atoms with Gasteiger partial charge in [-0.05, 0) is 28.7 Å². The van der Waals surface area contributed by atoms with E-state index in [0.717, 1.165) is 6.07 Å². The van der Waals surface area contributed by atoms with Crippen LogP contribution in [-0.4, -0.2) is 18.2 Å². The van der Waals surface area contributed by atoms with E-state index >= 15 is 0 Å². The van der Waals surface area contributed by atoms with E-state index in [2.05, 4.69) is 4.74 Å². The number of nitrogen functional groups attached to an aromatic ring is 1. The zero-order chi connectivity index (χ0) is 10.9. The minimum absolute atomic E-state index is 0.158. The Hall–Kier alpha value is -1.05. The summed E-state index contributed by atoms with van der Waals surface area (Å²) in [6, 6.07) is 1.16. The first-order valence-electron chi connectivity index (χ1n) is 3.53. The number of anilines is 1. The molecule has 0 atom stereocenters. The molecule has 0 saturated carbocycles. The van der Waals surface area contributed by atoms with Crippen LogP contribution in [0, 0.1) is 9.39 Å². The van der Waals surface area contributed by atoms with Crippen molar-refractivity contribution >= 4 is 34.2 Å². The van der Waals surface area contributed by atoms with Gasteiger partial charge < -0.3 is 15.6 Å². The van der Waals surface area contributed by atoms with Gasteiger partial charge in [0, 0.05) is 0 Å². The van der Waals surface area contributed by atoms with Gasteiger partial charge in [-0.25, -0.2) is 9.18 Å². The minimum Gasteiger partial charge on any atom is -0.492 e. The van der Waals surface area contributed by atoms with Gasteiger partial charge >= 0.3 is 5.97 Å². The molecule has 14 heavy (non-hydrogen) atoms. The zero-order valence-electron chi connectivity index (χ0n) is 7.17. The number of carboxylic acid groups (broad SMARTS) is 1. The van der Waals surface area contributed by atoms with Crippen LogP contribution >= 0.6 is 22.6 Å². The highest BCUT2D eigenvalue weighted by molar-refractivity contribution is 14.1. The topological polar surface area (TPSA) is 72.5 Å². The van der Waals surface area contributed by atoms with Crippen LogP contribution in [-0.2, 0) is 0 Å². The molecule has 0 aliphatic heterocycles. The van der Waals surface area contributed by atoms with Gasteiger partial charge in [-0.1, -0.05) is 0 Å². The maximum absolute atomic E-state index is 13.3. The van der Waals surface area contributed by atoms with E-state index in [0.29, 0.717) is 0 Å². The van der Waals surface area contributed by atoms with Gasteiger partial charge in [-0.15, -0.1) is 0 Å². The summed E-state index contributed by atoms with van der Waals surface area (Å²) in [5.74, 6) is -2.08. The molecule has 0 heterocycles. The lowest BCUT2D eigenvalue weighted by atomic mass is 10.1. The predicted octanol–water partition coefficient (Wildman–Crippen LogP) is 1.72. The molecule has 3 N–H and O–H groups in total. The number of carbonyl (C=O) groups is 1. The average Bonchev–Trinajstić information content (AvgIpc) is 2.12. The summed E-state index contributed by atoms with van der Waals surface area (Å²) >= 11 is 1.68. The summed E-state index contributed by atoms with van der Waals surface area (Å²) in [5.41, 5.74) is 5.06. The van der Waals surface area contributed by atoms with E-state index in [4.69, 9.17) is 10.8 Å². The number of aromatic carboxylic acids is 1. The summed E-state index contributed by atoms with van der Waals surface area (Å²) in [4.78, 5) is 10.7. The second-order valence-corrected chi connectivity index (χ2v) is 3.63. The van der Waals surface area contributed by atoms with Crippen LogP contribution in [0.2, 0.25) is 0 Å². The third-order valence-electron chi connectivity index (χ3n) is 1.65. The first-order chi connectivity index (χ1) is 6.49. The Morgan fingerprint density at radius 3 is 2.71 bits per heavy atom. The number of hydrogen-bond acceptors (Lipinski definition) is 3. The predicted molar refractivity (Wildman–Crippen MR) is 57.0 cm³/mol. The number of nitrogens with two attached hydrogens (primary N) is 1. The van der Waals surface area contributed by atoms with Gasteiger partial charge in [-0.3, -0.25) is 0 Å². The van der Waals surface area contributed by atoms with Gasteiger partial charge in [0.15, 0.2) is 11.6 Å². The monoisotopic (exact) mass is 311 g/mol. The Morgan fingerprint density at radius 2 is 2.29 bits per heavy atom. The second kappa shape index (κ2) is 3.99. The van der Waals surface area contributed by atoms with E-state index in [1.165, 1.54) is 7.11 Å². The first kappa shape index (κ1) is 11.0. The molecule has 0 aliphatic carbocycles. The third-order valence-corrected chi connectivity index (χ3v) is 2.43. The van der Waals surface area contributed by atoms with Crippen molar-refractivity contribution < 1.29 is 19.0 Å². The molecule has 0 radical (unpaired) electrons. The highest BCUT2D eigenvalue weighted by atomic mass is 127. The summed E-state index contributed by atoms with van der Waals surface area (Å²) in [6.07, 6.45) is 0. The molecule has 1 aromatic carbocycles. The van der Waals surface area contributed by atoms with E-state index < -0.39 is 11.8 Å². The summed E-state index contributed by atoms with van der Waals surface area (Å²) in [7, 11) is 1.23. The largest absolute Gasteiger partial charge is 0.492 e. The molecular weight excluding hydrogens is 304 g/mol. The van der Waals surface area contributed by atoms with Crippen molar-refractivity contribution in [3.63, 3.8) is 0 Å². The Kier molecular flexibility index (Phi) is 3.14. The average molecular weight is 311 g/mol. The maximum Gasteiger partial charge on any atom is 0.337 e. The highest BCUT2D eigenvalue weighted by Gasteiger charge is 2.19. The molecule has 0 saturated heterocycles. The molecule has 1 aromatic rings. The zero-order valence-corrected chi connectivity index (χ0v) is 9.33. The highest BCUT2D eigenvalue weighted by Crippen LogP contribution is 2.32. The van der Waals surface area contributed by atoms with Crippen LogP contribution < -0.4 is 10.5 Å². The molecular formula is C8H7FINO3. The van der Waals surface area contributed by atoms with E-state index in [-0.39, 0.29) is 20.6 Å². The molecule has 0 unspecified atom stereocenters. The van der Waals surface area contributed by atoms with Gasteiger partial charge in [0.1, 0.15) is 0 Å². The van der Waals surface area contributed by atoms with E-state index in [9.17, 15) is 9.18 Å². The van der Waals surface area contributed by atoms with Crippen molar-refractivity contribution in [2.45, 2.75) is 0 Å². The number of halogens is 2. The van der Waals surface area contributed by atoms with Crippen molar-refractivity contribution in [2.75, 3.05) is 12.8 Å². The number of ether oxygens (including phenoxy) is 1. The third kappa shape index (κ3) is 1.74. The lowest BCUT2D eigenvalue weighted by Gasteiger charge is -2.09. The summed E-state index contributed by atoms with van der Waals surface area (Å²) in [6.45, 7) is 0. The Labute approximate surface area is 93.0 Å². The number of hydrogen-bond donors (Lipinski definition) is 2. The molecule has 0 aliphatic rings. The van der Waals surface area contributed by atoms with Crippen LogP contribution in [0.1, 0.15) is 10.4 Å². The Balaban J connectivity index is 3.50. The van der Waals surface area contributed by atoms with Crippen LogP contribution in [0.3, 0.4) is 0 Å². The number of carboxylic acids is 1. The van der Waals surface area contributed by atoms with Crippen LogP contribution in [0.5, 0.6) is 5.75 Å². The Morgan fingerprint density at radius 1 is 1.71 bits per heavy atom. The fourth-order valence-corrected chi connectivity index (χ4v) is 1.55. The second-order valence-electron chi connectivity index (χ2n) is 2.47. The molecule has 6 heteroatoms. The van der Waals surface area contributed by atoms with Crippen LogP contribution in [0.4, 0.5) is 10.1 Å². The lowest BCUT2D eigenvalue weighted by molar-refractivity contribution is 0.0697. The van der Waals surface area contributed by atoms with Gasteiger partial charge in [-0.2, -0.15) is 0 Å². The Bertz CT molecular complexity index is 395. The fraction of sp³-hybridized carbons (Fsp3) is 0.125. The van der Waals surface area contributed by atoms with Crippen molar-refractivity contribution in [3.05, 3.63) is 21.0 Å². The van der Waals surface area contributed by atoms with E-state index in [1.54, 1.807) is 22.6 Å². The normalized spacial score (nSPS) is 9.93. The first-order valence-corrected chi connectivity index (χ1v) is 4.61. The van der Waals surface area contributed by atoms with Crippen LogP contribution in [0.15, 0.2) is 6.07 Å².